The zero-order valence-electron chi connectivity index (χ0n) is 29.1. The van der Waals surface area contributed by atoms with Crippen molar-refractivity contribution in [2.75, 3.05) is 0 Å². The van der Waals surface area contributed by atoms with Crippen LogP contribution >= 0.6 is 0 Å². The minimum absolute atomic E-state index is 0.0333. The predicted octanol–water partition coefficient (Wildman–Crippen LogP) is 12.2. The fourth-order valence-electron chi connectivity index (χ4n) is 9.65. The van der Waals surface area contributed by atoms with Crippen LogP contribution < -0.4 is 0 Å². The number of hydrogen-bond acceptors (Lipinski definition) is 1. The van der Waals surface area contributed by atoms with Crippen LogP contribution in [0, 0.1) is 5.92 Å². The molecule has 0 amide bonds. The van der Waals surface area contributed by atoms with Crippen molar-refractivity contribution in [2.24, 2.45) is 5.92 Å². The summed E-state index contributed by atoms with van der Waals surface area (Å²) in [6, 6.07) is 46.5. The Kier molecular flexibility index (Phi) is 5.95. The number of fused-ring (bicyclic) bond motifs is 7. The SMILES string of the molecule is CC1(C)c2ccccc2-c2ccc(C3=CC4(c5ccccc5-c5cc(-c6ccc7c(c6)C(C)(C)c6ccccc6-7)ccc5O)CC4C=C3)cc21. The van der Waals surface area contributed by atoms with E-state index in [1.807, 2.05) is 6.07 Å². The lowest BCUT2D eigenvalue weighted by Gasteiger charge is -2.24. The molecule has 242 valence electrons. The highest BCUT2D eigenvalue weighted by atomic mass is 16.3. The van der Waals surface area contributed by atoms with Gasteiger partial charge in [-0.05, 0) is 115 Å². The predicted molar refractivity (Wildman–Crippen MR) is 207 cm³/mol. The maximum Gasteiger partial charge on any atom is 0.123 e. The van der Waals surface area contributed by atoms with Gasteiger partial charge in [0.1, 0.15) is 5.75 Å². The van der Waals surface area contributed by atoms with Gasteiger partial charge in [0, 0.05) is 21.8 Å². The zero-order valence-corrected chi connectivity index (χ0v) is 29.1. The molecule has 0 spiro atoms. The number of aromatic hydroxyl groups is 1. The first kappa shape index (κ1) is 29.5. The minimum atomic E-state index is -0.0933. The second-order valence-corrected chi connectivity index (χ2v) is 15.9. The van der Waals surface area contributed by atoms with E-state index in [1.54, 1.807) is 0 Å². The minimum Gasteiger partial charge on any atom is -0.507 e. The number of benzene rings is 6. The summed E-state index contributed by atoms with van der Waals surface area (Å²) in [4.78, 5) is 0. The molecule has 0 saturated heterocycles. The molecule has 1 nitrogen and oxygen atoms in total. The Morgan fingerprint density at radius 3 is 1.60 bits per heavy atom. The summed E-state index contributed by atoms with van der Waals surface area (Å²) >= 11 is 0. The number of hydrogen-bond donors (Lipinski definition) is 1. The van der Waals surface area contributed by atoms with Crippen molar-refractivity contribution >= 4 is 5.57 Å². The van der Waals surface area contributed by atoms with Crippen molar-refractivity contribution in [3.05, 3.63) is 179 Å². The van der Waals surface area contributed by atoms with Gasteiger partial charge in [-0.3, -0.25) is 0 Å². The van der Waals surface area contributed by atoms with Crippen molar-refractivity contribution in [1.29, 1.82) is 0 Å². The first-order valence-electron chi connectivity index (χ1n) is 18.0. The molecule has 1 heteroatoms. The van der Waals surface area contributed by atoms with Crippen molar-refractivity contribution in [3.63, 3.8) is 0 Å². The van der Waals surface area contributed by atoms with Crippen LogP contribution in [0.1, 0.15) is 67.5 Å². The van der Waals surface area contributed by atoms with Gasteiger partial charge in [-0.1, -0.05) is 149 Å². The molecule has 10 rings (SSSR count). The molecule has 0 aliphatic heterocycles. The Bertz CT molecular complexity index is 2490. The molecule has 6 aromatic carbocycles. The molecule has 1 N–H and O–H groups in total. The lowest BCUT2D eigenvalue weighted by molar-refractivity contribution is 0.477. The van der Waals surface area contributed by atoms with Crippen molar-refractivity contribution < 1.29 is 5.11 Å². The van der Waals surface area contributed by atoms with Gasteiger partial charge in [0.15, 0.2) is 0 Å². The van der Waals surface area contributed by atoms with E-state index < -0.39 is 0 Å². The van der Waals surface area contributed by atoms with Crippen LogP contribution in [0.4, 0.5) is 0 Å². The molecule has 2 atom stereocenters. The maximum atomic E-state index is 11.4. The fourth-order valence-corrected chi connectivity index (χ4v) is 9.65. The van der Waals surface area contributed by atoms with E-state index in [2.05, 4.69) is 167 Å². The first-order chi connectivity index (χ1) is 24.2. The number of phenols is 1. The van der Waals surface area contributed by atoms with Crippen LogP contribution in [0.25, 0.3) is 50.1 Å². The van der Waals surface area contributed by atoms with E-state index in [0.29, 0.717) is 11.7 Å². The highest BCUT2D eigenvalue weighted by Crippen LogP contribution is 2.62. The van der Waals surface area contributed by atoms with Crippen LogP contribution in [-0.4, -0.2) is 5.11 Å². The third-order valence-corrected chi connectivity index (χ3v) is 12.5. The number of allylic oxidation sites excluding steroid dienone is 4. The number of phenolic OH excluding ortho intramolecular Hbond substituents is 1. The van der Waals surface area contributed by atoms with Crippen LogP contribution in [-0.2, 0) is 16.2 Å². The Labute approximate surface area is 295 Å². The maximum absolute atomic E-state index is 11.4. The third-order valence-electron chi connectivity index (χ3n) is 12.5. The Morgan fingerprint density at radius 2 is 0.960 bits per heavy atom. The molecular formula is C49H40O. The summed E-state index contributed by atoms with van der Waals surface area (Å²) in [5, 5.41) is 11.4. The summed E-state index contributed by atoms with van der Waals surface area (Å²) in [5.74, 6) is 0.771. The van der Waals surface area contributed by atoms with Gasteiger partial charge in [0.25, 0.3) is 0 Å². The molecular weight excluding hydrogens is 605 g/mol. The third kappa shape index (κ3) is 4.01. The van der Waals surface area contributed by atoms with Gasteiger partial charge in [0.05, 0.1) is 0 Å². The first-order valence-corrected chi connectivity index (χ1v) is 18.0. The van der Waals surface area contributed by atoms with Gasteiger partial charge in [0.2, 0.25) is 0 Å². The van der Waals surface area contributed by atoms with Gasteiger partial charge in [-0.15, -0.1) is 0 Å². The van der Waals surface area contributed by atoms with Crippen molar-refractivity contribution in [3.8, 4) is 50.3 Å². The zero-order chi connectivity index (χ0) is 34.0. The van der Waals surface area contributed by atoms with Gasteiger partial charge >= 0.3 is 0 Å². The molecule has 2 unspecified atom stereocenters. The fraction of sp³-hybridized carbons (Fsp3) is 0.184. The van der Waals surface area contributed by atoms with E-state index in [4.69, 9.17) is 0 Å². The molecule has 0 radical (unpaired) electrons. The molecule has 1 fully saturated rings. The summed E-state index contributed by atoms with van der Waals surface area (Å²) in [6.07, 6.45) is 8.35. The topological polar surface area (TPSA) is 20.2 Å². The quantitative estimate of drug-likeness (QED) is 0.202. The monoisotopic (exact) mass is 644 g/mol. The molecule has 4 aliphatic rings. The molecule has 0 bridgehead atoms. The Hall–Kier alpha value is -5.40. The Morgan fingerprint density at radius 1 is 0.480 bits per heavy atom. The molecule has 1 saturated carbocycles. The van der Waals surface area contributed by atoms with E-state index in [-0.39, 0.29) is 16.2 Å². The van der Waals surface area contributed by atoms with Crippen LogP contribution in [0.3, 0.4) is 0 Å². The lowest BCUT2D eigenvalue weighted by Crippen LogP contribution is -2.15. The van der Waals surface area contributed by atoms with E-state index >= 15 is 0 Å². The molecule has 50 heavy (non-hydrogen) atoms. The van der Waals surface area contributed by atoms with E-state index in [1.165, 1.54) is 66.8 Å². The van der Waals surface area contributed by atoms with Crippen LogP contribution in [0.15, 0.2) is 146 Å². The summed E-state index contributed by atoms with van der Waals surface area (Å²) in [6.45, 7) is 9.36. The van der Waals surface area contributed by atoms with Gasteiger partial charge in [-0.2, -0.15) is 0 Å². The smallest absolute Gasteiger partial charge is 0.123 e. The lowest BCUT2D eigenvalue weighted by atomic mass is 9.79. The van der Waals surface area contributed by atoms with Crippen molar-refractivity contribution in [1.82, 2.24) is 0 Å². The largest absolute Gasteiger partial charge is 0.507 e. The molecule has 6 aromatic rings. The second-order valence-electron chi connectivity index (χ2n) is 15.9. The van der Waals surface area contributed by atoms with Gasteiger partial charge in [-0.25, -0.2) is 0 Å². The van der Waals surface area contributed by atoms with Crippen molar-refractivity contribution in [2.45, 2.75) is 50.4 Å². The van der Waals surface area contributed by atoms with E-state index in [0.717, 1.165) is 23.1 Å². The highest BCUT2D eigenvalue weighted by Gasteiger charge is 2.54. The highest BCUT2D eigenvalue weighted by molar-refractivity contribution is 5.88. The van der Waals surface area contributed by atoms with Crippen LogP contribution in [0.2, 0.25) is 0 Å². The van der Waals surface area contributed by atoms with Gasteiger partial charge < -0.3 is 5.11 Å². The molecule has 4 aliphatic carbocycles. The molecule has 0 aromatic heterocycles. The van der Waals surface area contributed by atoms with Crippen LogP contribution in [0.5, 0.6) is 5.75 Å². The summed E-state index contributed by atoms with van der Waals surface area (Å²) < 4.78 is 0. The standard InChI is InChI=1S/C49H40O/c1-47(2)41-14-8-5-11-35(41)38-22-18-31(26-44(38)47)30-20-24-46(50)40(25-30)37-13-7-10-16-43(37)49-28-33(17-21-34(49)29-49)32-19-23-39-36-12-6-9-15-42(36)48(3,4)45(39)27-32/h5-28,34,50H,29H2,1-4H3. The average molecular weight is 645 g/mol. The normalized spacial score (nSPS) is 21.0. The summed E-state index contributed by atoms with van der Waals surface area (Å²) in [5.41, 5.74) is 18.9. The second kappa shape index (κ2) is 10.1. The summed E-state index contributed by atoms with van der Waals surface area (Å²) in [7, 11) is 0. The Balaban J connectivity index is 1.04. The average Bonchev–Trinajstić information content (AvgIpc) is 3.79. The van der Waals surface area contributed by atoms with E-state index in [9.17, 15) is 5.11 Å². The number of rotatable bonds is 4. The molecule has 0 heterocycles.